The summed E-state index contributed by atoms with van der Waals surface area (Å²) in [5.74, 6) is -0.267. The first-order valence-electron chi connectivity index (χ1n) is 6.32. The normalized spacial score (nSPS) is 11.8. The molecule has 0 radical (unpaired) electrons. The number of halogens is 1. The van der Waals surface area contributed by atoms with E-state index in [9.17, 15) is 9.50 Å². The molecule has 1 atom stereocenters. The average molecular weight is 270 g/mol. The van der Waals surface area contributed by atoms with Crippen LogP contribution in [0.25, 0.3) is 0 Å². The lowest BCUT2D eigenvalue weighted by atomic mass is 10.1. The SMILES string of the molecule is N#Cc1ccc(C(O)CNCc2cccc(F)c2)cc1. The summed E-state index contributed by atoms with van der Waals surface area (Å²) in [6.07, 6.45) is -0.656. The van der Waals surface area contributed by atoms with Gasteiger partial charge < -0.3 is 10.4 Å². The summed E-state index contributed by atoms with van der Waals surface area (Å²) < 4.78 is 13.0. The van der Waals surface area contributed by atoms with Crippen molar-refractivity contribution in [3.63, 3.8) is 0 Å². The highest BCUT2D eigenvalue weighted by Gasteiger charge is 2.07. The van der Waals surface area contributed by atoms with Crippen LogP contribution in [0.2, 0.25) is 0 Å². The molecule has 0 heterocycles. The molecule has 0 fully saturated rings. The van der Waals surface area contributed by atoms with Crippen molar-refractivity contribution >= 4 is 0 Å². The fraction of sp³-hybridized carbons (Fsp3) is 0.188. The van der Waals surface area contributed by atoms with Crippen LogP contribution in [0.5, 0.6) is 0 Å². The number of nitriles is 1. The Morgan fingerprint density at radius 2 is 1.95 bits per heavy atom. The second-order valence-electron chi connectivity index (χ2n) is 4.51. The van der Waals surface area contributed by atoms with E-state index in [0.717, 1.165) is 11.1 Å². The summed E-state index contributed by atoms with van der Waals surface area (Å²) in [7, 11) is 0. The molecule has 1 unspecified atom stereocenters. The number of nitrogens with zero attached hydrogens (tertiary/aromatic N) is 1. The van der Waals surface area contributed by atoms with Gasteiger partial charge in [-0.1, -0.05) is 24.3 Å². The van der Waals surface area contributed by atoms with Gasteiger partial charge in [-0.25, -0.2) is 4.39 Å². The molecular formula is C16H15FN2O. The third-order valence-corrected chi connectivity index (χ3v) is 2.98. The maximum Gasteiger partial charge on any atom is 0.123 e. The maximum absolute atomic E-state index is 13.0. The van der Waals surface area contributed by atoms with Crippen LogP contribution < -0.4 is 5.32 Å². The molecule has 0 amide bonds. The van der Waals surface area contributed by atoms with E-state index in [0.29, 0.717) is 18.7 Å². The van der Waals surface area contributed by atoms with Gasteiger partial charge in [-0.3, -0.25) is 0 Å². The van der Waals surface area contributed by atoms with Crippen molar-refractivity contribution in [2.75, 3.05) is 6.54 Å². The van der Waals surface area contributed by atoms with Crippen molar-refractivity contribution in [2.45, 2.75) is 12.6 Å². The highest BCUT2D eigenvalue weighted by atomic mass is 19.1. The van der Waals surface area contributed by atoms with Gasteiger partial charge >= 0.3 is 0 Å². The summed E-state index contributed by atoms with van der Waals surface area (Å²) in [5, 5.41) is 21.8. The molecule has 102 valence electrons. The van der Waals surface area contributed by atoms with Gasteiger partial charge in [0, 0.05) is 13.1 Å². The molecule has 2 aromatic rings. The van der Waals surface area contributed by atoms with Gasteiger partial charge in [0.25, 0.3) is 0 Å². The van der Waals surface area contributed by atoms with Crippen LogP contribution in [0.1, 0.15) is 22.8 Å². The van der Waals surface area contributed by atoms with Gasteiger partial charge in [-0.15, -0.1) is 0 Å². The first-order chi connectivity index (χ1) is 9.69. The number of hydrogen-bond donors (Lipinski definition) is 2. The predicted molar refractivity (Wildman–Crippen MR) is 74.2 cm³/mol. The van der Waals surface area contributed by atoms with E-state index in [1.807, 2.05) is 12.1 Å². The van der Waals surface area contributed by atoms with E-state index in [1.54, 1.807) is 30.3 Å². The van der Waals surface area contributed by atoms with E-state index in [2.05, 4.69) is 5.32 Å². The van der Waals surface area contributed by atoms with Crippen LogP contribution in [-0.4, -0.2) is 11.7 Å². The Balaban J connectivity index is 1.85. The highest BCUT2D eigenvalue weighted by Crippen LogP contribution is 2.13. The van der Waals surface area contributed by atoms with Gasteiger partial charge in [0.15, 0.2) is 0 Å². The van der Waals surface area contributed by atoms with Crippen LogP contribution in [0.15, 0.2) is 48.5 Å². The van der Waals surface area contributed by atoms with Crippen molar-refractivity contribution in [2.24, 2.45) is 0 Å². The topological polar surface area (TPSA) is 56.0 Å². The van der Waals surface area contributed by atoms with E-state index < -0.39 is 6.10 Å². The Hall–Kier alpha value is -2.22. The number of aliphatic hydroxyl groups is 1. The van der Waals surface area contributed by atoms with Gasteiger partial charge in [0.1, 0.15) is 5.82 Å². The number of nitrogens with one attached hydrogen (secondary N) is 1. The summed E-state index contributed by atoms with van der Waals surface area (Å²) in [5.41, 5.74) is 2.14. The van der Waals surface area contributed by atoms with Crippen LogP contribution in [-0.2, 0) is 6.54 Å². The zero-order valence-electron chi connectivity index (χ0n) is 10.9. The summed E-state index contributed by atoms with van der Waals surface area (Å²) >= 11 is 0. The standard InChI is InChI=1S/C16H15FN2O/c17-15-3-1-2-13(8-15)10-19-11-16(20)14-6-4-12(9-18)5-7-14/h1-8,16,19-20H,10-11H2. The quantitative estimate of drug-likeness (QED) is 0.877. The molecule has 0 aliphatic carbocycles. The van der Waals surface area contributed by atoms with E-state index >= 15 is 0 Å². The van der Waals surface area contributed by atoms with Crippen molar-refractivity contribution in [3.05, 3.63) is 71.0 Å². The van der Waals surface area contributed by atoms with Crippen molar-refractivity contribution < 1.29 is 9.50 Å². The highest BCUT2D eigenvalue weighted by molar-refractivity contribution is 5.32. The first kappa shape index (κ1) is 14.2. The minimum Gasteiger partial charge on any atom is -0.387 e. The Morgan fingerprint density at radius 1 is 1.20 bits per heavy atom. The zero-order chi connectivity index (χ0) is 14.4. The fourth-order valence-electron chi connectivity index (χ4n) is 1.90. The molecule has 2 aromatic carbocycles. The third kappa shape index (κ3) is 3.89. The molecular weight excluding hydrogens is 255 g/mol. The molecule has 2 rings (SSSR count). The van der Waals surface area contributed by atoms with Crippen LogP contribution in [0.3, 0.4) is 0 Å². The van der Waals surface area contributed by atoms with Crippen molar-refractivity contribution in [3.8, 4) is 6.07 Å². The van der Waals surface area contributed by atoms with Crippen LogP contribution >= 0.6 is 0 Å². The van der Waals surface area contributed by atoms with E-state index in [-0.39, 0.29) is 5.82 Å². The second-order valence-corrected chi connectivity index (χ2v) is 4.51. The van der Waals surface area contributed by atoms with E-state index in [4.69, 9.17) is 5.26 Å². The lowest BCUT2D eigenvalue weighted by Crippen LogP contribution is -2.21. The number of benzene rings is 2. The number of rotatable bonds is 5. The predicted octanol–water partition coefficient (Wildman–Crippen LogP) is 2.52. The van der Waals surface area contributed by atoms with E-state index in [1.165, 1.54) is 12.1 Å². The fourth-order valence-corrected chi connectivity index (χ4v) is 1.90. The Kier molecular flexibility index (Phi) is 4.83. The molecule has 0 aliphatic heterocycles. The zero-order valence-corrected chi connectivity index (χ0v) is 10.9. The van der Waals surface area contributed by atoms with Crippen LogP contribution in [0, 0.1) is 17.1 Å². The molecule has 2 N–H and O–H groups in total. The molecule has 3 nitrogen and oxygen atoms in total. The van der Waals surface area contributed by atoms with Gasteiger partial charge in [0.2, 0.25) is 0 Å². The minimum atomic E-state index is -0.656. The minimum absolute atomic E-state index is 0.267. The monoisotopic (exact) mass is 270 g/mol. The largest absolute Gasteiger partial charge is 0.387 e. The molecule has 0 bridgehead atoms. The maximum atomic E-state index is 13.0. The lowest BCUT2D eigenvalue weighted by Gasteiger charge is -2.12. The van der Waals surface area contributed by atoms with Crippen molar-refractivity contribution in [1.29, 1.82) is 5.26 Å². The molecule has 4 heteroatoms. The van der Waals surface area contributed by atoms with Gasteiger partial charge in [-0.05, 0) is 35.4 Å². The Labute approximate surface area is 117 Å². The van der Waals surface area contributed by atoms with Crippen molar-refractivity contribution in [1.82, 2.24) is 5.32 Å². The second kappa shape index (κ2) is 6.80. The molecule has 0 saturated heterocycles. The Morgan fingerprint density at radius 3 is 2.60 bits per heavy atom. The van der Waals surface area contributed by atoms with Crippen LogP contribution in [0.4, 0.5) is 4.39 Å². The molecule has 0 aromatic heterocycles. The average Bonchev–Trinajstić information content (AvgIpc) is 2.47. The number of aliphatic hydroxyl groups excluding tert-OH is 1. The summed E-state index contributed by atoms with van der Waals surface area (Å²) in [6, 6.07) is 15.2. The molecule has 20 heavy (non-hydrogen) atoms. The first-order valence-corrected chi connectivity index (χ1v) is 6.32. The smallest absolute Gasteiger partial charge is 0.123 e. The Bertz CT molecular complexity index is 605. The third-order valence-electron chi connectivity index (χ3n) is 2.98. The van der Waals surface area contributed by atoms with Gasteiger partial charge in [-0.2, -0.15) is 5.26 Å². The lowest BCUT2D eigenvalue weighted by molar-refractivity contribution is 0.174. The summed E-state index contributed by atoms with van der Waals surface area (Å²) in [4.78, 5) is 0. The molecule has 0 spiro atoms. The summed E-state index contributed by atoms with van der Waals surface area (Å²) in [6.45, 7) is 0.855. The molecule has 0 aliphatic rings. The number of hydrogen-bond acceptors (Lipinski definition) is 3. The van der Waals surface area contributed by atoms with Gasteiger partial charge in [0.05, 0.1) is 17.7 Å². The molecule has 0 saturated carbocycles.